The zero-order chi connectivity index (χ0) is 19.8. The van der Waals surface area contributed by atoms with Crippen LogP contribution >= 0.6 is 0 Å². The van der Waals surface area contributed by atoms with Gasteiger partial charge in [-0.1, -0.05) is 18.2 Å². The van der Waals surface area contributed by atoms with E-state index in [0.29, 0.717) is 30.0 Å². The maximum Gasteiger partial charge on any atom is 0.240 e. The SMILES string of the molecule is CC(=O)N(CC(=O)NCCc1ccccc1F)c1ccc(OC(C)C)cc1. The molecule has 2 aromatic carbocycles. The molecule has 0 fully saturated rings. The summed E-state index contributed by atoms with van der Waals surface area (Å²) in [4.78, 5) is 25.5. The van der Waals surface area contributed by atoms with Crippen molar-refractivity contribution in [2.24, 2.45) is 0 Å². The van der Waals surface area contributed by atoms with Gasteiger partial charge in [-0.25, -0.2) is 4.39 Å². The monoisotopic (exact) mass is 372 g/mol. The second kappa shape index (κ2) is 9.71. The van der Waals surface area contributed by atoms with Crippen LogP contribution in [0.3, 0.4) is 0 Å². The number of ether oxygens (including phenoxy) is 1. The second-order valence-corrected chi connectivity index (χ2v) is 6.46. The van der Waals surface area contributed by atoms with Crippen molar-refractivity contribution in [3.63, 3.8) is 0 Å². The van der Waals surface area contributed by atoms with Gasteiger partial charge in [0.1, 0.15) is 18.1 Å². The predicted octanol–water partition coefficient (Wildman–Crippen LogP) is 3.32. The molecular formula is C21H25FN2O3. The minimum absolute atomic E-state index is 0.0555. The number of hydrogen-bond acceptors (Lipinski definition) is 3. The van der Waals surface area contributed by atoms with Crippen molar-refractivity contribution in [3.05, 3.63) is 59.9 Å². The maximum atomic E-state index is 13.6. The molecule has 0 saturated carbocycles. The van der Waals surface area contributed by atoms with Crippen LogP contribution < -0.4 is 15.0 Å². The Labute approximate surface area is 159 Å². The highest BCUT2D eigenvalue weighted by Gasteiger charge is 2.16. The molecule has 27 heavy (non-hydrogen) atoms. The Kier molecular flexibility index (Phi) is 7.34. The first-order valence-electron chi connectivity index (χ1n) is 8.91. The maximum absolute atomic E-state index is 13.6. The molecule has 0 spiro atoms. The van der Waals surface area contributed by atoms with Crippen molar-refractivity contribution in [3.8, 4) is 5.75 Å². The summed E-state index contributed by atoms with van der Waals surface area (Å²) in [7, 11) is 0. The van der Waals surface area contributed by atoms with Crippen LogP contribution in [0.25, 0.3) is 0 Å². The van der Waals surface area contributed by atoms with Gasteiger partial charge in [0.2, 0.25) is 11.8 Å². The lowest BCUT2D eigenvalue weighted by atomic mass is 10.1. The minimum atomic E-state index is -0.302. The normalized spacial score (nSPS) is 10.6. The Hall–Kier alpha value is -2.89. The molecule has 0 radical (unpaired) electrons. The van der Waals surface area contributed by atoms with Gasteiger partial charge in [-0.3, -0.25) is 9.59 Å². The number of benzene rings is 2. The summed E-state index contributed by atoms with van der Waals surface area (Å²) in [5, 5.41) is 2.73. The molecule has 0 unspecified atom stereocenters. The Bertz CT molecular complexity index is 775. The first-order valence-corrected chi connectivity index (χ1v) is 8.91. The molecule has 1 N–H and O–H groups in total. The van der Waals surface area contributed by atoms with Gasteiger partial charge in [-0.05, 0) is 56.2 Å². The molecule has 5 nitrogen and oxygen atoms in total. The lowest BCUT2D eigenvalue weighted by Gasteiger charge is -2.21. The van der Waals surface area contributed by atoms with Crippen LogP contribution in [0.1, 0.15) is 26.3 Å². The van der Waals surface area contributed by atoms with Gasteiger partial charge in [0.05, 0.1) is 6.10 Å². The summed E-state index contributed by atoms with van der Waals surface area (Å²) in [6.45, 7) is 5.47. The third-order valence-corrected chi connectivity index (χ3v) is 3.88. The zero-order valence-electron chi connectivity index (χ0n) is 15.9. The Morgan fingerprint density at radius 2 is 1.78 bits per heavy atom. The smallest absolute Gasteiger partial charge is 0.240 e. The molecule has 0 saturated heterocycles. The molecular weight excluding hydrogens is 347 g/mol. The molecule has 0 aliphatic heterocycles. The average Bonchev–Trinajstić information content (AvgIpc) is 2.61. The van der Waals surface area contributed by atoms with E-state index in [1.165, 1.54) is 17.9 Å². The number of anilines is 1. The molecule has 2 rings (SSSR count). The Morgan fingerprint density at radius 3 is 2.37 bits per heavy atom. The van der Waals surface area contributed by atoms with Gasteiger partial charge < -0.3 is 15.0 Å². The highest BCUT2D eigenvalue weighted by atomic mass is 19.1. The average molecular weight is 372 g/mol. The molecule has 6 heteroatoms. The molecule has 0 atom stereocenters. The summed E-state index contributed by atoms with van der Waals surface area (Å²) < 4.78 is 19.2. The van der Waals surface area contributed by atoms with Gasteiger partial charge in [0, 0.05) is 19.2 Å². The van der Waals surface area contributed by atoms with E-state index in [1.807, 2.05) is 13.8 Å². The molecule has 2 aromatic rings. The summed E-state index contributed by atoms with van der Waals surface area (Å²) in [6, 6.07) is 13.5. The molecule has 0 heterocycles. The van der Waals surface area contributed by atoms with Crippen molar-refractivity contribution in [1.82, 2.24) is 5.32 Å². The van der Waals surface area contributed by atoms with E-state index in [-0.39, 0.29) is 30.3 Å². The quantitative estimate of drug-likeness (QED) is 0.773. The lowest BCUT2D eigenvalue weighted by molar-refractivity contribution is -0.123. The fraction of sp³-hybridized carbons (Fsp3) is 0.333. The molecule has 0 aliphatic carbocycles. The third-order valence-electron chi connectivity index (χ3n) is 3.88. The summed E-state index contributed by atoms with van der Waals surface area (Å²) in [6.07, 6.45) is 0.444. The van der Waals surface area contributed by atoms with Crippen LogP contribution in [-0.2, 0) is 16.0 Å². The van der Waals surface area contributed by atoms with Crippen LogP contribution in [0.4, 0.5) is 10.1 Å². The fourth-order valence-electron chi connectivity index (χ4n) is 2.60. The number of carbonyl (C=O) groups excluding carboxylic acids is 2. The molecule has 0 bridgehead atoms. The number of amides is 2. The fourth-order valence-corrected chi connectivity index (χ4v) is 2.60. The van der Waals surface area contributed by atoms with Crippen LogP contribution in [0, 0.1) is 5.82 Å². The molecule has 144 valence electrons. The van der Waals surface area contributed by atoms with Crippen LogP contribution in [-0.4, -0.2) is 31.0 Å². The van der Waals surface area contributed by atoms with Crippen molar-refractivity contribution in [2.45, 2.75) is 33.3 Å². The first-order chi connectivity index (χ1) is 12.9. The largest absolute Gasteiger partial charge is 0.491 e. The third kappa shape index (κ3) is 6.40. The lowest BCUT2D eigenvalue weighted by Crippen LogP contribution is -2.40. The molecule has 0 aliphatic rings. The van der Waals surface area contributed by atoms with Gasteiger partial charge in [-0.15, -0.1) is 0 Å². The van der Waals surface area contributed by atoms with E-state index >= 15 is 0 Å². The standard InChI is InChI=1S/C21H25FN2O3/c1-15(2)27-19-10-8-18(9-11-19)24(16(3)25)14-21(26)23-13-12-17-6-4-5-7-20(17)22/h4-11,15H,12-14H2,1-3H3,(H,23,26). The van der Waals surface area contributed by atoms with E-state index < -0.39 is 0 Å². The molecule has 2 amide bonds. The minimum Gasteiger partial charge on any atom is -0.491 e. The first kappa shape index (κ1) is 20.4. The van der Waals surface area contributed by atoms with E-state index in [4.69, 9.17) is 4.74 Å². The topological polar surface area (TPSA) is 58.6 Å². The summed E-state index contributed by atoms with van der Waals surface area (Å²) in [5.74, 6) is -0.131. The Morgan fingerprint density at radius 1 is 1.11 bits per heavy atom. The highest BCUT2D eigenvalue weighted by molar-refractivity contribution is 5.97. The number of halogens is 1. The number of nitrogens with one attached hydrogen (secondary N) is 1. The number of nitrogens with zero attached hydrogens (tertiary/aromatic N) is 1. The summed E-state index contributed by atoms with van der Waals surface area (Å²) in [5.41, 5.74) is 1.16. The number of hydrogen-bond donors (Lipinski definition) is 1. The zero-order valence-corrected chi connectivity index (χ0v) is 15.9. The van der Waals surface area contributed by atoms with Crippen molar-refractivity contribution < 1.29 is 18.7 Å². The van der Waals surface area contributed by atoms with E-state index in [2.05, 4.69) is 5.32 Å². The van der Waals surface area contributed by atoms with E-state index in [0.717, 1.165) is 0 Å². The number of carbonyl (C=O) groups is 2. The van der Waals surface area contributed by atoms with Crippen molar-refractivity contribution >= 4 is 17.5 Å². The van der Waals surface area contributed by atoms with Gasteiger partial charge in [0.15, 0.2) is 0 Å². The van der Waals surface area contributed by atoms with Gasteiger partial charge >= 0.3 is 0 Å². The van der Waals surface area contributed by atoms with Gasteiger partial charge in [0.25, 0.3) is 0 Å². The highest BCUT2D eigenvalue weighted by Crippen LogP contribution is 2.20. The second-order valence-electron chi connectivity index (χ2n) is 6.46. The van der Waals surface area contributed by atoms with E-state index in [9.17, 15) is 14.0 Å². The van der Waals surface area contributed by atoms with E-state index in [1.54, 1.807) is 42.5 Å². The van der Waals surface area contributed by atoms with Gasteiger partial charge in [-0.2, -0.15) is 0 Å². The van der Waals surface area contributed by atoms with Crippen LogP contribution in [0.5, 0.6) is 5.75 Å². The molecule has 0 aromatic heterocycles. The summed E-state index contributed by atoms with van der Waals surface area (Å²) >= 11 is 0. The van der Waals surface area contributed by atoms with Crippen LogP contribution in [0.15, 0.2) is 48.5 Å². The van der Waals surface area contributed by atoms with Crippen LogP contribution in [0.2, 0.25) is 0 Å². The van der Waals surface area contributed by atoms with Crippen molar-refractivity contribution in [1.29, 1.82) is 0 Å². The number of rotatable bonds is 8. The Balaban J connectivity index is 1.92. The van der Waals surface area contributed by atoms with Crippen molar-refractivity contribution in [2.75, 3.05) is 18.0 Å². The predicted molar refractivity (Wildman–Crippen MR) is 103 cm³/mol.